The lowest BCUT2D eigenvalue weighted by Gasteiger charge is -2.31. The number of carbonyl (C=O) groups is 1. The summed E-state index contributed by atoms with van der Waals surface area (Å²) >= 11 is 0. The van der Waals surface area contributed by atoms with Gasteiger partial charge in [-0.2, -0.15) is 0 Å². The van der Waals surface area contributed by atoms with E-state index >= 15 is 0 Å². The highest BCUT2D eigenvalue weighted by atomic mass is 16.5. The zero-order valence-electron chi connectivity index (χ0n) is 17.1. The molecular weight excluding hydrogens is 368 g/mol. The Balaban J connectivity index is 1.59. The third-order valence-electron chi connectivity index (χ3n) is 5.76. The summed E-state index contributed by atoms with van der Waals surface area (Å²) in [7, 11) is 3.72. The second-order valence-corrected chi connectivity index (χ2v) is 7.81. The van der Waals surface area contributed by atoms with E-state index < -0.39 is 0 Å². The molecule has 6 nitrogen and oxygen atoms in total. The van der Waals surface area contributed by atoms with Crippen molar-refractivity contribution in [1.82, 2.24) is 4.90 Å². The zero-order chi connectivity index (χ0) is 20.5. The van der Waals surface area contributed by atoms with Crippen LogP contribution in [-0.4, -0.2) is 51.0 Å². The van der Waals surface area contributed by atoms with Crippen molar-refractivity contribution < 1.29 is 24.3 Å². The molecule has 0 bridgehead atoms. The molecule has 0 radical (unpaired) electrons. The Labute approximate surface area is 171 Å². The molecule has 0 spiro atoms. The van der Waals surface area contributed by atoms with Crippen molar-refractivity contribution in [3.8, 4) is 17.2 Å². The van der Waals surface area contributed by atoms with E-state index in [0.29, 0.717) is 29.0 Å². The van der Waals surface area contributed by atoms with E-state index in [9.17, 15) is 9.90 Å². The number of nitrogens with zero attached hydrogens (tertiary/aromatic N) is 1. The van der Waals surface area contributed by atoms with E-state index in [2.05, 4.69) is 11.9 Å². The van der Waals surface area contributed by atoms with Crippen molar-refractivity contribution in [2.45, 2.75) is 13.5 Å². The summed E-state index contributed by atoms with van der Waals surface area (Å²) in [6, 6.07) is 9.12. The second kappa shape index (κ2) is 7.89. The molecule has 2 aromatic rings. The number of ether oxygens (including phenoxy) is 2. The molecule has 152 valence electrons. The van der Waals surface area contributed by atoms with Gasteiger partial charge in [0.1, 0.15) is 18.0 Å². The minimum absolute atomic E-state index is 0.0197. The van der Waals surface area contributed by atoms with Crippen LogP contribution in [0.2, 0.25) is 0 Å². The first kappa shape index (κ1) is 19.5. The Morgan fingerprint density at radius 3 is 2.59 bits per heavy atom. The standard InChI is InChI=1S/C23H26N2O4/c1-15-21(26)17(14-25-10-8-24(2)9-11-25)13-19-22(27)20(29-23(15)19)12-16-4-6-18(28-3)7-5-16/h4-7,12-13,26H,8-11,14H2,1-3H3/b20-12-. The van der Waals surface area contributed by atoms with E-state index in [4.69, 9.17) is 9.47 Å². The maximum absolute atomic E-state index is 12.9. The Morgan fingerprint density at radius 2 is 1.93 bits per heavy atom. The third-order valence-corrected chi connectivity index (χ3v) is 5.76. The van der Waals surface area contributed by atoms with E-state index in [1.807, 2.05) is 24.3 Å². The number of allylic oxidation sites excluding steroid dienone is 1. The number of ketones is 1. The average molecular weight is 394 g/mol. The van der Waals surface area contributed by atoms with Gasteiger partial charge in [-0.25, -0.2) is 0 Å². The summed E-state index contributed by atoms with van der Waals surface area (Å²) in [4.78, 5) is 16.6. The number of likely N-dealkylation sites (N-methyl/N-ethyl adjacent to an activating group) is 1. The van der Waals surface area contributed by atoms with Crippen LogP contribution in [0.15, 0.2) is 36.1 Å². The molecule has 0 aromatic heterocycles. The van der Waals surface area contributed by atoms with Crippen molar-refractivity contribution in [2.24, 2.45) is 0 Å². The van der Waals surface area contributed by atoms with Crippen LogP contribution < -0.4 is 19.5 Å². The van der Waals surface area contributed by atoms with Gasteiger partial charge < -0.3 is 19.5 Å². The molecule has 2 aliphatic rings. The van der Waals surface area contributed by atoms with Crippen LogP contribution in [0.1, 0.15) is 27.0 Å². The molecule has 0 amide bonds. The van der Waals surface area contributed by atoms with Crippen molar-refractivity contribution in [3.63, 3.8) is 0 Å². The highest BCUT2D eigenvalue weighted by Gasteiger charge is 2.30. The van der Waals surface area contributed by atoms with Crippen molar-refractivity contribution >= 4 is 11.9 Å². The average Bonchev–Trinajstić information content (AvgIpc) is 3.04. The molecule has 4 rings (SSSR count). The van der Waals surface area contributed by atoms with E-state index in [1.54, 1.807) is 26.2 Å². The normalized spacial score (nSPS) is 18.7. The number of Topliss-reactive ketones (excluding diaryl/α,β-unsaturated/α-hetero) is 1. The topological polar surface area (TPSA) is 66.3 Å². The van der Waals surface area contributed by atoms with Crippen molar-refractivity contribution in [2.75, 3.05) is 40.3 Å². The van der Waals surface area contributed by atoms with Gasteiger partial charge in [-0.15, -0.1) is 0 Å². The first-order valence-electron chi connectivity index (χ1n) is 9.90. The largest absolute Gasteiger partial charge is 0.872 e. The number of methoxy groups -OCH3 is 1. The van der Waals surface area contributed by atoms with Gasteiger partial charge in [-0.05, 0) is 54.9 Å². The fourth-order valence-corrected chi connectivity index (χ4v) is 3.90. The molecule has 2 heterocycles. The van der Waals surface area contributed by atoms with Gasteiger partial charge in [0.15, 0.2) is 5.76 Å². The molecule has 29 heavy (non-hydrogen) atoms. The molecule has 1 fully saturated rings. The van der Waals surface area contributed by atoms with Crippen LogP contribution in [0.25, 0.3) is 6.08 Å². The summed E-state index contributed by atoms with van der Waals surface area (Å²) < 4.78 is 11.0. The fourth-order valence-electron chi connectivity index (χ4n) is 3.90. The number of rotatable bonds is 4. The molecule has 0 saturated carbocycles. The van der Waals surface area contributed by atoms with Gasteiger partial charge >= 0.3 is 0 Å². The highest BCUT2D eigenvalue weighted by molar-refractivity contribution is 6.15. The molecular formula is C23H26N2O4. The minimum atomic E-state index is -0.173. The first-order valence-corrected chi connectivity index (χ1v) is 9.90. The lowest BCUT2D eigenvalue weighted by molar-refractivity contribution is -0.918. The zero-order valence-corrected chi connectivity index (χ0v) is 17.1. The van der Waals surface area contributed by atoms with Crippen LogP contribution in [0.3, 0.4) is 0 Å². The number of carbonyl (C=O) groups excluding carboxylic acids is 1. The van der Waals surface area contributed by atoms with Crippen molar-refractivity contribution in [3.05, 3.63) is 58.3 Å². The monoisotopic (exact) mass is 394 g/mol. The number of quaternary nitrogens is 1. The number of nitrogens with one attached hydrogen (secondary N) is 1. The molecule has 1 N–H and O–H groups in total. The summed E-state index contributed by atoms with van der Waals surface area (Å²) in [5.41, 5.74) is 2.54. The molecule has 2 aromatic carbocycles. The van der Waals surface area contributed by atoms with Gasteiger partial charge in [0, 0.05) is 13.1 Å². The smallest absolute Gasteiger partial charge is 0.231 e. The number of benzene rings is 2. The first-order chi connectivity index (χ1) is 14.0. The van der Waals surface area contributed by atoms with Crippen molar-refractivity contribution in [1.29, 1.82) is 0 Å². The van der Waals surface area contributed by atoms with Crippen LogP contribution in [0.5, 0.6) is 17.2 Å². The summed E-state index contributed by atoms with van der Waals surface area (Å²) in [6.45, 7) is 6.42. The molecule has 2 aliphatic heterocycles. The van der Waals surface area contributed by atoms with Gasteiger partial charge in [-0.3, -0.25) is 9.69 Å². The van der Waals surface area contributed by atoms with Crippen LogP contribution >= 0.6 is 0 Å². The second-order valence-electron chi connectivity index (χ2n) is 7.81. The predicted octanol–water partition coefficient (Wildman–Crippen LogP) is 1.02. The van der Waals surface area contributed by atoms with Gasteiger partial charge in [0.2, 0.25) is 5.78 Å². The van der Waals surface area contributed by atoms with E-state index in [-0.39, 0.29) is 17.3 Å². The van der Waals surface area contributed by atoms with Crippen LogP contribution in [-0.2, 0) is 6.54 Å². The molecule has 1 saturated heterocycles. The Kier molecular flexibility index (Phi) is 5.30. The Morgan fingerprint density at radius 1 is 1.24 bits per heavy atom. The summed E-state index contributed by atoms with van der Waals surface area (Å²) in [5.74, 6) is 1.20. The number of hydrogen-bond acceptors (Lipinski definition) is 5. The predicted molar refractivity (Wildman–Crippen MR) is 108 cm³/mol. The molecule has 0 aliphatic carbocycles. The third kappa shape index (κ3) is 3.86. The Hall–Kier alpha value is -2.83. The fraction of sp³-hybridized carbons (Fsp3) is 0.348. The number of fused-ring (bicyclic) bond motifs is 1. The van der Waals surface area contributed by atoms with Gasteiger partial charge in [-0.1, -0.05) is 17.9 Å². The lowest BCUT2D eigenvalue weighted by atomic mass is 10.0. The molecule has 0 atom stereocenters. The van der Waals surface area contributed by atoms with Crippen LogP contribution in [0, 0.1) is 6.92 Å². The van der Waals surface area contributed by atoms with E-state index in [0.717, 1.165) is 37.5 Å². The highest BCUT2D eigenvalue weighted by Crippen LogP contribution is 2.40. The SMILES string of the molecule is COc1ccc(/C=C2\Oc3c(cc(C[NH+]4CCN(C)CC4)c([O-])c3C)C2=O)cc1. The quantitative estimate of drug-likeness (QED) is 0.785. The van der Waals surface area contributed by atoms with Gasteiger partial charge in [0.05, 0.1) is 25.8 Å². The van der Waals surface area contributed by atoms with Gasteiger partial charge in [0.25, 0.3) is 0 Å². The summed E-state index contributed by atoms with van der Waals surface area (Å²) in [6.07, 6.45) is 1.71. The Bertz CT molecular complexity index is 958. The van der Waals surface area contributed by atoms with Crippen LogP contribution in [0.4, 0.5) is 0 Å². The maximum atomic E-state index is 12.9. The molecule has 6 heteroatoms. The summed E-state index contributed by atoms with van der Waals surface area (Å²) in [5, 5.41) is 12.9. The lowest BCUT2D eigenvalue weighted by Crippen LogP contribution is -3.13. The molecule has 0 unspecified atom stereocenters. The van der Waals surface area contributed by atoms with E-state index in [1.165, 1.54) is 4.90 Å². The maximum Gasteiger partial charge on any atom is 0.231 e. The number of hydrogen-bond donors (Lipinski definition) is 1. The minimum Gasteiger partial charge on any atom is -0.872 e. The number of piperazine rings is 1.